The minimum atomic E-state index is -0.406. The van der Waals surface area contributed by atoms with Crippen molar-refractivity contribution in [3.8, 4) is 11.1 Å². The lowest BCUT2D eigenvalue weighted by Gasteiger charge is -2.37. The van der Waals surface area contributed by atoms with Crippen LogP contribution in [0.15, 0.2) is 54.6 Å². The first-order valence-corrected chi connectivity index (χ1v) is 12.0. The van der Waals surface area contributed by atoms with Crippen molar-refractivity contribution in [2.45, 2.75) is 13.0 Å². The van der Waals surface area contributed by atoms with E-state index in [1.165, 1.54) is 12.1 Å². The molecule has 2 amide bonds. The van der Waals surface area contributed by atoms with Crippen LogP contribution in [0.1, 0.15) is 17.5 Å². The first-order valence-electron chi connectivity index (χ1n) is 10.9. The fraction of sp³-hybridized carbons (Fsp3) is 0.192. The number of nitrogens with zero attached hydrogens (tertiary/aromatic N) is 2. The number of carbonyl (C=O) groups is 1. The summed E-state index contributed by atoms with van der Waals surface area (Å²) in [7, 11) is 1.72. The predicted molar refractivity (Wildman–Crippen MR) is 138 cm³/mol. The molecule has 2 heterocycles. The van der Waals surface area contributed by atoms with E-state index >= 15 is 0 Å². The number of amides is 2. The second-order valence-corrected chi connectivity index (χ2v) is 9.60. The van der Waals surface area contributed by atoms with E-state index in [9.17, 15) is 9.18 Å². The van der Waals surface area contributed by atoms with E-state index in [0.717, 1.165) is 41.8 Å². The SMILES string of the molecule is CN1Cc2c(-c3ccc(F)cc3Cl)cc(C3=CCNCC3)cc2N(c2c(Cl)cccc2Cl)C1=O. The summed E-state index contributed by atoms with van der Waals surface area (Å²) in [6.45, 7) is 1.98. The minimum Gasteiger partial charge on any atom is -0.323 e. The summed E-state index contributed by atoms with van der Waals surface area (Å²) < 4.78 is 13.9. The molecule has 34 heavy (non-hydrogen) atoms. The van der Waals surface area contributed by atoms with E-state index in [1.807, 2.05) is 6.07 Å². The monoisotopic (exact) mass is 515 g/mol. The van der Waals surface area contributed by atoms with Crippen LogP contribution in [0.4, 0.5) is 20.6 Å². The molecule has 2 aliphatic rings. The van der Waals surface area contributed by atoms with Gasteiger partial charge in [0.15, 0.2) is 0 Å². The molecule has 174 valence electrons. The van der Waals surface area contributed by atoms with Crippen molar-refractivity contribution < 1.29 is 9.18 Å². The molecule has 0 fully saturated rings. The maximum atomic E-state index is 13.9. The number of nitrogens with one attached hydrogen (secondary N) is 1. The summed E-state index contributed by atoms with van der Waals surface area (Å²) in [4.78, 5) is 16.6. The Morgan fingerprint density at radius 3 is 2.41 bits per heavy atom. The number of rotatable bonds is 3. The molecule has 2 aliphatic heterocycles. The van der Waals surface area contributed by atoms with Crippen molar-refractivity contribution in [2.24, 2.45) is 0 Å². The van der Waals surface area contributed by atoms with Crippen LogP contribution in [0.2, 0.25) is 15.1 Å². The summed E-state index contributed by atoms with van der Waals surface area (Å²) in [5.41, 5.74) is 5.67. The molecule has 0 unspecified atom stereocenters. The molecule has 0 saturated carbocycles. The number of benzene rings is 3. The smallest absolute Gasteiger partial charge is 0.323 e. The van der Waals surface area contributed by atoms with Gasteiger partial charge < -0.3 is 10.2 Å². The fourth-order valence-corrected chi connectivity index (χ4v) is 5.37. The molecule has 0 aromatic heterocycles. The number of carbonyl (C=O) groups excluding carboxylic acids is 1. The molecule has 0 bridgehead atoms. The highest BCUT2D eigenvalue weighted by atomic mass is 35.5. The number of anilines is 2. The third kappa shape index (κ3) is 4.07. The van der Waals surface area contributed by atoms with Crippen molar-refractivity contribution in [1.82, 2.24) is 10.2 Å². The van der Waals surface area contributed by atoms with Gasteiger partial charge in [-0.15, -0.1) is 0 Å². The van der Waals surface area contributed by atoms with Gasteiger partial charge in [0.2, 0.25) is 0 Å². The maximum absolute atomic E-state index is 13.9. The topological polar surface area (TPSA) is 35.6 Å². The molecule has 0 radical (unpaired) electrons. The molecular formula is C26H21Cl3FN3O. The van der Waals surface area contributed by atoms with Crippen LogP contribution in [-0.4, -0.2) is 31.1 Å². The van der Waals surface area contributed by atoms with Crippen LogP contribution in [-0.2, 0) is 6.54 Å². The summed E-state index contributed by atoms with van der Waals surface area (Å²) in [5.74, 6) is -0.406. The molecule has 8 heteroatoms. The lowest BCUT2D eigenvalue weighted by Crippen LogP contribution is -2.43. The van der Waals surface area contributed by atoms with Crippen LogP contribution in [0.3, 0.4) is 0 Å². The van der Waals surface area contributed by atoms with Crippen LogP contribution in [0.5, 0.6) is 0 Å². The maximum Gasteiger partial charge on any atom is 0.329 e. The first kappa shape index (κ1) is 23.2. The third-order valence-corrected chi connectivity index (χ3v) is 7.12. The summed E-state index contributed by atoms with van der Waals surface area (Å²) in [6, 6.07) is 13.4. The van der Waals surface area contributed by atoms with E-state index in [1.54, 1.807) is 41.1 Å². The van der Waals surface area contributed by atoms with Gasteiger partial charge in [-0.25, -0.2) is 9.18 Å². The quantitative estimate of drug-likeness (QED) is 0.390. The molecule has 4 nitrogen and oxygen atoms in total. The van der Waals surface area contributed by atoms with Crippen molar-refractivity contribution in [3.05, 3.63) is 86.6 Å². The third-order valence-electron chi connectivity index (χ3n) is 6.20. The standard InChI is InChI=1S/C26H21Cl3FN3O/c1-32-14-20-19(18-6-5-17(30)13-23(18)29)11-16(15-7-9-31-10-8-15)12-24(20)33(26(32)34)25-21(27)3-2-4-22(25)28/h2-7,11-13,31H,8-10,14H2,1H3. The Labute approximate surface area is 212 Å². The van der Waals surface area contributed by atoms with Crippen LogP contribution in [0, 0.1) is 5.82 Å². The van der Waals surface area contributed by atoms with E-state index < -0.39 is 5.82 Å². The van der Waals surface area contributed by atoms with Gasteiger partial charge in [0.25, 0.3) is 0 Å². The van der Waals surface area contributed by atoms with Gasteiger partial charge >= 0.3 is 6.03 Å². The molecule has 0 spiro atoms. The summed E-state index contributed by atoms with van der Waals surface area (Å²) >= 11 is 19.6. The van der Waals surface area contributed by atoms with E-state index in [-0.39, 0.29) is 6.03 Å². The van der Waals surface area contributed by atoms with Crippen molar-refractivity contribution in [3.63, 3.8) is 0 Å². The number of fused-ring (bicyclic) bond motifs is 1. The van der Waals surface area contributed by atoms with Gasteiger partial charge in [-0.1, -0.05) is 46.9 Å². The van der Waals surface area contributed by atoms with Gasteiger partial charge in [0.05, 0.1) is 26.4 Å². The van der Waals surface area contributed by atoms with E-state index in [2.05, 4.69) is 17.5 Å². The average Bonchev–Trinajstić information content (AvgIpc) is 2.81. The van der Waals surface area contributed by atoms with Crippen LogP contribution < -0.4 is 10.2 Å². The van der Waals surface area contributed by atoms with Crippen molar-refractivity contribution in [2.75, 3.05) is 25.0 Å². The molecule has 0 atom stereocenters. The number of hydrogen-bond donors (Lipinski definition) is 1. The zero-order valence-corrected chi connectivity index (χ0v) is 20.6. The normalized spacial score (nSPS) is 15.9. The molecule has 0 saturated heterocycles. The van der Waals surface area contributed by atoms with E-state index in [4.69, 9.17) is 34.8 Å². The Morgan fingerprint density at radius 2 is 1.74 bits per heavy atom. The van der Waals surface area contributed by atoms with Crippen LogP contribution >= 0.6 is 34.8 Å². The van der Waals surface area contributed by atoms with Crippen molar-refractivity contribution >= 4 is 57.8 Å². The Kier molecular flexibility index (Phi) is 6.30. The second kappa shape index (κ2) is 9.23. The fourth-order valence-electron chi connectivity index (χ4n) is 4.54. The molecule has 3 aromatic rings. The molecule has 5 rings (SSSR count). The van der Waals surface area contributed by atoms with Crippen molar-refractivity contribution in [1.29, 1.82) is 0 Å². The lowest BCUT2D eigenvalue weighted by atomic mass is 9.89. The molecule has 0 aliphatic carbocycles. The number of hydrogen-bond acceptors (Lipinski definition) is 2. The lowest BCUT2D eigenvalue weighted by molar-refractivity contribution is 0.213. The highest BCUT2D eigenvalue weighted by Crippen LogP contribution is 2.47. The Hall–Kier alpha value is -2.57. The highest BCUT2D eigenvalue weighted by Gasteiger charge is 2.34. The van der Waals surface area contributed by atoms with Gasteiger partial charge in [-0.05, 0) is 72.1 Å². The number of halogens is 4. The zero-order valence-electron chi connectivity index (χ0n) is 18.3. The Bertz CT molecular complexity index is 1320. The van der Waals surface area contributed by atoms with Gasteiger partial charge in [-0.3, -0.25) is 4.90 Å². The van der Waals surface area contributed by atoms with Crippen LogP contribution in [0.25, 0.3) is 16.7 Å². The average molecular weight is 517 g/mol. The molecular weight excluding hydrogens is 496 g/mol. The Balaban J connectivity index is 1.82. The number of urea groups is 1. The zero-order chi connectivity index (χ0) is 24.0. The second-order valence-electron chi connectivity index (χ2n) is 8.37. The predicted octanol–water partition coefficient (Wildman–Crippen LogP) is 7.53. The summed E-state index contributed by atoms with van der Waals surface area (Å²) in [6.07, 6.45) is 2.99. The minimum absolute atomic E-state index is 0.241. The first-order chi connectivity index (χ1) is 16.3. The largest absolute Gasteiger partial charge is 0.329 e. The molecule has 1 N–H and O–H groups in total. The number of para-hydroxylation sites is 1. The van der Waals surface area contributed by atoms with Gasteiger partial charge in [0, 0.05) is 31.3 Å². The van der Waals surface area contributed by atoms with Gasteiger partial charge in [-0.2, -0.15) is 0 Å². The Morgan fingerprint density at radius 1 is 0.971 bits per heavy atom. The van der Waals surface area contributed by atoms with Gasteiger partial charge in [0.1, 0.15) is 5.82 Å². The highest BCUT2D eigenvalue weighted by molar-refractivity contribution is 6.40. The molecule has 3 aromatic carbocycles. The summed E-state index contributed by atoms with van der Waals surface area (Å²) in [5, 5.41) is 4.37. The van der Waals surface area contributed by atoms with E-state index in [0.29, 0.717) is 38.6 Å².